The van der Waals surface area contributed by atoms with E-state index in [-0.39, 0.29) is 62.8 Å². The quantitative estimate of drug-likeness (QED) is 0.0529. The number of aromatic hydroxyl groups is 1. The summed E-state index contributed by atoms with van der Waals surface area (Å²) in [7, 11) is 0. The van der Waals surface area contributed by atoms with E-state index in [0.29, 0.717) is 0 Å². The van der Waals surface area contributed by atoms with Crippen LogP contribution in [0, 0.1) is 5.41 Å². The molecule has 0 spiro atoms. The molecule has 7 N–H and O–H groups in total. The van der Waals surface area contributed by atoms with Crippen molar-refractivity contribution in [2.45, 2.75) is 15.6 Å². The number of carboxylic acid groups (broad SMARTS) is 3. The van der Waals surface area contributed by atoms with Crippen LogP contribution in [0.4, 0.5) is 5.13 Å². The predicted molar refractivity (Wildman–Crippen MR) is 143 cm³/mol. The van der Waals surface area contributed by atoms with Crippen molar-refractivity contribution in [1.82, 2.24) is 23.9 Å². The van der Waals surface area contributed by atoms with Crippen LogP contribution >= 0.6 is 46.6 Å². The third-order valence-corrected chi connectivity index (χ3v) is 9.94. The first-order valence-corrected chi connectivity index (χ1v) is 14.0. The number of hydrogen-bond donors (Lipinski definition) is 6. The van der Waals surface area contributed by atoms with Crippen LogP contribution in [0.5, 0.6) is 5.88 Å². The molecule has 2 unspecified atom stereocenters. The molecule has 0 bridgehead atoms. The molecule has 0 radical (unpaired) electrons. The van der Waals surface area contributed by atoms with Crippen LogP contribution in [0.15, 0.2) is 9.36 Å². The summed E-state index contributed by atoms with van der Waals surface area (Å²) in [6.45, 7) is -1.06. The Bertz CT molecular complexity index is 1390. The molecular formula is C18H18N7NaO10S4. The van der Waals surface area contributed by atoms with Crippen LogP contribution in [0.3, 0.4) is 0 Å². The number of nitrogens with zero attached hydrogens (tertiary/aromatic N) is 5. The van der Waals surface area contributed by atoms with Gasteiger partial charge in [0.05, 0.1) is 4.21 Å². The fourth-order valence-corrected chi connectivity index (χ4v) is 7.72. The number of hydrogen-bond acceptors (Lipinski definition) is 16. The summed E-state index contributed by atoms with van der Waals surface area (Å²) >= 11 is 3.48. The molecule has 0 saturated carbocycles. The molecule has 2 aliphatic heterocycles. The number of thioether (sulfide) groups is 2. The minimum atomic E-state index is -1.45. The van der Waals surface area contributed by atoms with E-state index in [1.165, 1.54) is 4.90 Å². The van der Waals surface area contributed by atoms with Gasteiger partial charge in [-0.15, -0.1) is 23.5 Å². The number of nitrogen functional groups attached to an aromatic ring is 1. The minimum absolute atomic E-state index is 0. The molecule has 210 valence electrons. The van der Waals surface area contributed by atoms with Crippen molar-refractivity contribution in [3.05, 3.63) is 11.4 Å². The summed E-state index contributed by atoms with van der Waals surface area (Å²) in [5.74, 6) is -6.46. The van der Waals surface area contributed by atoms with E-state index >= 15 is 0 Å². The van der Waals surface area contributed by atoms with Crippen LogP contribution in [0.2, 0.25) is 0 Å². The van der Waals surface area contributed by atoms with Crippen molar-refractivity contribution >= 4 is 117 Å². The van der Waals surface area contributed by atoms with Crippen molar-refractivity contribution < 1.29 is 49.2 Å². The molecular weight excluding hydrogens is 625 g/mol. The molecule has 22 heteroatoms. The van der Waals surface area contributed by atoms with Gasteiger partial charge in [-0.3, -0.25) is 14.4 Å². The van der Waals surface area contributed by atoms with Crippen molar-refractivity contribution in [3.63, 3.8) is 0 Å². The van der Waals surface area contributed by atoms with Gasteiger partial charge in [0.1, 0.15) is 22.4 Å². The van der Waals surface area contributed by atoms with Gasteiger partial charge in [0.2, 0.25) is 29.9 Å². The number of rotatable bonds is 11. The SMILES string of the molecule is Nc1nc(C(=NOCC(=O)O)C(=O)NC2C(=O)N3CC(CSc4snc(O)c4C(=O)O)(C(=O)O)CS[C@H]23)ns1.[NaH]. The number of aromatic nitrogens is 3. The molecule has 2 fully saturated rings. The Labute approximate surface area is 262 Å². The summed E-state index contributed by atoms with van der Waals surface area (Å²) < 4.78 is 7.57. The number of aromatic carboxylic acids is 1. The zero-order chi connectivity index (χ0) is 28.5. The maximum atomic E-state index is 12.9. The molecule has 2 aliphatic rings. The third-order valence-electron chi connectivity index (χ3n) is 5.43. The van der Waals surface area contributed by atoms with E-state index in [1.54, 1.807) is 0 Å². The Kier molecular flexibility index (Phi) is 10.2. The van der Waals surface area contributed by atoms with Gasteiger partial charge >= 0.3 is 47.5 Å². The van der Waals surface area contributed by atoms with Gasteiger partial charge in [-0.25, -0.2) is 9.59 Å². The monoisotopic (exact) mass is 643 g/mol. The standard InChI is InChI=1S/C18H17N7O10S4.Na.H/c19-17-21-9(23-39-17)7(22-35-1-5(26)27)11(29)20-8-12(30)25-2-18(16(33)34,3-36-13(8)25)4-37-15-6(14(31)32)10(28)24-38-15;;/h8,13H,1-4H2,(H,20,29)(H,24,28)(H,26,27)(H,31,32)(H,33,34)(H2,19,21,23);;/t8?,13-,18?;;/m1../s1. The van der Waals surface area contributed by atoms with Crippen molar-refractivity contribution in [2.24, 2.45) is 10.6 Å². The average Bonchev–Trinajstić information content (AvgIpc) is 3.48. The molecule has 2 aromatic rings. The second-order valence-corrected chi connectivity index (χ2v) is 11.9. The van der Waals surface area contributed by atoms with Gasteiger partial charge in [-0.2, -0.15) is 13.7 Å². The number of carbonyl (C=O) groups is 5. The first-order chi connectivity index (χ1) is 18.4. The molecule has 3 atom stereocenters. The number of anilines is 1. The number of carboxylic acids is 3. The van der Waals surface area contributed by atoms with E-state index in [2.05, 4.69) is 29.0 Å². The topological polar surface area (TPSA) is 268 Å². The summed E-state index contributed by atoms with van der Waals surface area (Å²) in [5, 5.41) is 43.0. The van der Waals surface area contributed by atoms with E-state index in [4.69, 9.17) is 10.8 Å². The number of nitrogens with two attached hydrogens (primary N) is 1. The van der Waals surface area contributed by atoms with Gasteiger partial charge < -0.3 is 41.2 Å². The molecule has 4 heterocycles. The number of β-lactam (4-membered cyclic amide) rings is 1. The summed E-state index contributed by atoms with van der Waals surface area (Å²) in [6.07, 6.45) is 0. The van der Waals surface area contributed by atoms with Gasteiger partial charge in [0.25, 0.3) is 5.91 Å². The Morgan fingerprint density at radius 2 is 1.95 bits per heavy atom. The molecule has 0 aliphatic carbocycles. The summed E-state index contributed by atoms with van der Waals surface area (Å²) in [5.41, 5.74) is 3.16. The zero-order valence-corrected chi connectivity index (χ0v) is 22.4. The second-order valence-electron chi connectivity index (χ2n) is 8.03. The average molecular weight is 644 g/mol. The molecule has 4 rings (SSSR count). The number of amides is 2. The van der Waals surface area contributed by atoms with Crippen LogP contribution in [-0.2, 0) is 24.0 Å². The number of fused-ring (bicyclic) bond motifs is 1. The molecule has 2 aromatic heterocycles. The maximum absolute atomic E-state index is 12.9. The Morgan fingerprint density at radius 3 is 2.55 bits per heavy atom. The summed E-state index contributed by atoms with van der Waals surface area (Å²) in [4.78, 5) is 69.9. The fourth-order valence-electron chi connectivity index (χ4n) is 3.54. The van der Waals surface area contributed by atoms with Crippen LogP contribution in [0.25, 0.3) is 0 Å². The second kappa shape index (κ2) is 12.9. The van der Waals surface area contributed by atoms with Crippen molar-refractivity contribution in [2.75, 3.05) is 30.4 Å². The fraction of sp³-hybridized carbons (Fsp3) is 0.389. The van der Waals surface area contributed by atoms with E-state index in [0.717, 1.165) is 46.6 Å². The Balaban J connectivity index is 0.00000441. The molecule has 0 aromatic carbocycles. The normalized spacial score (nSPS) is 21.9. The van der Waals surface area contributed by atoms with Crippen LogP contribution < -0.4 is 11.1 Å². The van der Waals surface area contributed by atoms with Crippen LogP contribution in [-0.4, -0.2) is 140 Å². The van der Waals surface area contributed by atoms with Gasteiger partial charge in [-0.05, 0) is 11.5 Å². The van der Waals surface area contributed by atoms with Gasteiger partial charge in [-0.1, -0.05) is 5.16 Å². The zero-order valence-electron chi connectivity index (χ0n) is 19.2. The van der Waals surface area contributed by atoms with Crippen LogP contribution in [0.1, 0.15) is 16.2 Å². The van der Waals surface area contributed by atoms with Crippen molar-refractivity contribution in [3.8, 4) is 5.88 Å². The Hall–Kier alpha value is -2.69. The van der Waals surface area contributed by atoms with E-state index in [9.17, 15) is 39.3 Å². The molecule has 17 nitrogen and oxygen atoms in total. The number of aliphatic carboxylic acids is 2. The third kappa shape index (κ3) is 6.44. The van der Waals surface area contributed by atoms with E-state index < -0.39 is 70.3 Å². The van der Waals surface area contributed by atoms with Gasteiger partial charge in [0, 0.05) is 29.6 Å². The first kappa shape index (κ1) is 31.8. The number of oxime groups is 1. The molecule has 2 amide bonds. The molecule has 40 heavy (non-hydrogen) atoms. The predicted octanol–water partition coefficient (Wildman–Crippen LogP) is -1.60. The van der Waals surface area contributed by atoms with E-state index in [1.807, 2.05) is 0 Å². The Morgan fingerprint density at radius 1 is 1.23 bits per heavy atom. The summed E-state index contributed by atoms with van der Waals surface area (Å²) in [6, 6.07) is -1.06. The van der Waals surface area contributed by atoms with Gasteiger partial charge in [0.15, 0.2) is 5.13 Å². The molecule has 2 saturated heterocycles. The number of carbonyl (C=O) groups excluding carboxylic acids is 2. The number of nitrogens with one attached hydrogen (secondary N) is 1. The van der Waals surface area contributed by atoms with Crippen molar-refractivity contribution in [1.29, 1.82) is 0 Å². The first-order valence-electron chi connectivity index (χ1n) is 10.5.